The van der Waals surface area contributed by atoms with Crippen LogP contribution in [0.4, 0.5) is 4.39 Å². The zero-order valence-electron chi connectivity index (χ0n) is 13.8. The monoisotopic (exact) mass is 356 g/mol. The SMILES string of the molecule is CC(C)c1ccccc1Sc1c(O)cc(-c2ccc(F)cc2)oc1=O. The first-order valence-corrected chi connectivity index (χ1v) is 8.67. The van der Waals surface area contributed by atoms with Gasteiger partial charge in [-0.15, -0.1) is 0 Å². The van der Waals surface area contributed by atoms with E-state index >= 15 is 0 Å². The first-order valence-electron chi connectivity index (χ1n) is 7.85. The van der Waals surface area contributed by atoms with Gasteiger partial charge in [-0.1, -0.05) is 43.8 Å². The highest BCUT2D eigenvalue weighted by atomic mass is 32.2. The molecule has 2 aromatic carbocycles. The summed E-state index contributed by atoms with van der Waals surface area (Å²) in [5.74, 6) is -0.0488. The predicted molar refractivity (Wildman–Crippen MR) is 96.7 cm³/mol. The molecule has 0 fully saturated rings. The maximum absolute atomic E-state index is 13.0. The van der Waals surface area contributed by atoms with Crippen molar-refractivity contribution in [3.63, 3.8) is 0 Å². The fraction of sp³-hybridized carbons (Fsp3) is 0.150. The molecule has 0 unspecified atom stereocenters. The van der Waals surface area contributed by atoms with E-state index in [1.165, 1.54) is 42.1 Å². The second kappa shape index (κ2) is 7.15. The highest BCUT2D eigenvalue weighted by Crippen LogP contribution is 2.37. The average molecular weight is 356 g/mol. The van der Waals surface area contributed by atoms with E-state index in [2.05, 4.69) is 13.8 Å². The molecular weight excluding hydrogens is 339 g/mol. The van der Waals surface area contributed by atoms with Crippen LogP contribution in [0.5, 0.6) is 5.75 Å². The highest BCUT2D eigenvalue weighted by Gasteiger charge is 2.16. The Morgan fingerprint density at radius 3 is 2.40 bits per heavy atom. The van der Waals surface area contributed by atoms with Crippen LogP contribution in [0.2, 0.25) is 0 Å². The van der Waals surface area contributed by atoms with Crippen molar-refractivity contribution < 1.29 is 13.9 Å². The molecule has 0 amide bonds. The molecule has 0 aliphatic carbocycles. The molecule has 1 N–H and O–H groups in total. The fourth-order valence-corrected chi connectivity index (χ4v) is 3.56. The summed E-state index contributed by atoms with van der Waals surface area (Å²) >= 11 is 1.19. The molecule has 1 heterocycles. The smallest absolute Gasteiger partial charge is 0.354 e. The molecule has 0 aliphatic heterocycles. The lowest BCUT2D eigenvalue weighted by Crippen LogP contribution is -2.03. The third-order valence-electron chi connectivity index (χ3n) is 3.77. The van der Waals surface area contributed by atoms with Gasteiger partial charge < -0.3 is 9.52 Å². The average Bonchev–Trinajstić information content (AvgIpc) is 2.59. The normalized spacial score (nSPS) is 11.0. The third kappa shape index (κ3) is 3.77. The Morgan fingerprint density at radius 2 is 1.76 bits per heavy atom. The van der Waals surface area contributed by atoms with Gasteiger partial charge in [-0.2, -0.15) is 0 Å². The molecule has 0 aliphatic rings. The Hall–Kier alpha value is -2.53. The number of benzene rings is 2. The zero-order chi connectivity index (χ0) is 18.0. The number of aromatic hydroxyl groups is 1. The van der Waals surface area contributed by atoms with Crippen molar-refractivity contribution in [3.8, 4) is 17.1 Å². The first-order chi connectivity index (χ1) is 12.0. The van der Waals surface area contributed by atoms with Gasteiger partial charge in [-0.25, -0.2) is 9.18 Å². The van der Waals surface area contributed by atoms with Crippen LogP contribution in [0.3, 0.4) is 0 Å². The number of rotatable bonds is 4. The predicted octanol–water partition coefficient (Wildman–Crippen LogP) is 5.43. The van der Waals surface area contributed by atoms with Crippen LogP contribution in [0.25, 0.3) is 11.3 Å². The molecule has 3 nitrogen and oxygen atoms in total. The summed E-state index contributed by atoms with van der Waals surface area (Å²) in [6.45, 7) is 4.14. The van der Waals surface area contributed by atoms with E-state index in [4.69, 9.17) is 4.42 Å². The van der Waals surface area contributed by atoms with Crippen LogP contribution in [-0.2, 0) is 0 Å². The van der Waals surface area contributed by atoms with Crippen LogP contribution >= 0.6 is 11.8 Å². The minimum atomic E-state index is -0.622. The molecule has 5 heteroatoms. The topological polar surface area (TPSA) is 50.4 Å². The number of hydrogen-bond donors (Lipinski definition) is 1. The molecule has 3 rings (SSSR count). The Balaban J connectivity index is 1.99. The molecule has 1 aromatic heterocycles. The minimum absolute atomic E-state index is 0.138. The van der Waals surface area contributed by atoms with E-state index in [9.17, 15) is 14.3 Å². The van der Waals surface area contributed by atoms with Crippen LogP contribution in [0, 0.1) is 5.82 Å². The highest BCUT2D eigenvalue weighted by molar-refractivity contribution is 7.99. The summed E-state index contributed by atoms with van der Waals surface area (Å²) in [5, 5.41) is 10.3. The van der Waals surface area contributed by atoms with Crippen molar-refractivity contribution >= 4 is 11.8 Å². The van der Waals surface area contributed by atoms with Gasteiger partial charge in [0.1, 0.15) is 22.2 Å². The van der Waals surface area contributed by atoms with E-state index in [0.717, 1.165) is 10.5 Å². The van der Waals surface area contributed by atoms with Crippen molar-refractivity contribution in [2.45, 2.75) is 29.6 Å². The van der Waals surface area contributed by atoms with Crippen molar-refractivity contribution in [3.05, 3.63) is 76.4 Å². The first kappa shape index (κ1) is 17.3. The maximum Gasteiger partial charge on any atom is 0.354 e. The zero-order valence-corrected chi connectivity index (χ0v) is 14.6. The Bertz CT molecular complexity index is 946. The summed E-state index contributed by atoms with van der Waals surface area (Å²) in [4.78, 5) is 13.4. The van der Waals surface area contributed by atoms with Gasteiger partial charge in [0.05, 0.1) is 0 Å². The van der Waals surface area contributed by atoms with E-state index in [1.54, 1.807) is 0 Å². The van der Waals surface area contributed by atoms with Gasteiger partial charge in [0.2, 0.25) is 0 Å². The van der Waals surface area contributed by atoms with Gasteiger partial charge in [0.15, 0.2) is 0 Å². The second-order valence-corrected chi connectivity index (χ2v) is 6.97. The molecule has 3 aromatic rings. The standard InChI is InChI=1S/C20H17FO3S/c1-12(2)15-5-3-4-6-18(15)25-19-16(22)11-17(24-20(19)23)13-7-9-14(21)10-8-13/h3-12,22H,1-2H3. The lowest BCUT2D eigenvalue weighted by Gasteiger charge is -2.12. The van der Waals surface area contributed by atoms with E-state index in [1.807, 2.05) is 24.3 Å². The van der Waals surface area contributed by atoms with E-state index in [0.29, 0.717) is 5.56 Å². The third-order valence-corrected chi connectivity index (χ3v) is 4.94. The van der Waals surface area contributed by atoms with E-state index < -0.39 is 5.63 Å². The Labute approximate surface area is 149 Å². The summed E-state index contributed by atoms with van der Waals surface area (Å²) < 4.78 is 18.4. The molecule has 0 saturated heterocycles. The second-order valence-electron chi connectivity index (χ2n) is 5.91. The number of halogens is 1. The molecule has 0 saturated carbocycles. The van der Waals surface area contributed by atoms with Crippen LogP contribution in [-0.4, -0.2) is 5.11 Å². The molecular formula is C20H17FO3S. The van der Waals surface area contributed by atoms with Gasteiger partial charge in [-0.05, 0) is 41.8 Å². The summed E-state index contributed by atoms with van der Waals surface area (Å²) in [6.07, 6.45) is 0. The maximum atomic E-state index is 13.0. The van der Waals surface area contributed by atoms with Crippen molar-refractivity contribution in [2.24, 2.45) is 0 Å². The molecule has 0 atom stereocenters. The van der Waals surface area contributed by atoms with Gasteiger partial charge in [0, 0.05) is 16.5 Å². The summed E-state index contributed by atoms with van der Waals surface area (Å²) in [7, 11) is 0. The largest absolute Gasteiger partial charge is 0.506 e. The molecule has 0 spiro atoms. The van der Waals surface area contributed by atoms with Crippen LogP contribution in [0.15, 0.2) is 73.6 Å². The molecule has 25 heavy (non-hydrogen) atoms. The van der Waals surface area contributed by atoms with Crippen molar-refractivity contribution in [1.82, 2.24) is 0 Å². The Morgan fingerprint density at radius 1 is 1.08 bits per heavy atom. The van der Waals surface area contributed by atoms with Crippen LogP contribution < -0.4 is 5.63 Å². The Kier molecular flexibility index (Phi) is 4.95. The summed E-state index contributed by atoms with van der Waals surface area (Å²) in [6, 6.07) is 14.7. The lowest BCUT2D eigenvalue weighted by atomic mass is 10.0. The van der Waals surface area contributed by atoms with Crippen molar-refractivity contribution in [1.29, 1.82) is 0 Å². The quantitative estimate of drug-likeness (QED) is 0.677. The van der Waals surface area contributed by atoms with Crippen LogP contribution in [0.1, 0.15) is 25.3 Å². The minimum Gasteiger partial charge on any atom is -0.506 e. The lowest BCUT2D eigenvalue weighted by molar-refractivity contribution is 0.430. The molecule has 0 bridgehead atoms. The van der Waals surface area contributed by atoms with Crippen molar-refractivity contribution in [2.75, 3.05) is 0 Å². The van der Waals surface area contributed by atoms with Gasteiger partial charge in [0.25, 0.3) is 0 Å². The van der Waals surface area contributed by atoms with Gasteiger partial charge in [-0.3, -0.25) is 0 Å². The molecule has 0 radical (unpaired) electrons. The summed E-state index contributed by atoms with van der Waals surface area (Å²) in [5.41, 5.74) is 0.990. The van der Waals surface area contributed by atoms with E-state index in [-0.39, 0.29) is 28.1 Å². The fourth-order valence-electron chi connectivity index (χ4n) is 2.48. The van der Waals surface area contributed by atoms with Gasteiger partial charge >= 0.3 is 5.63 Å². The molecule has 128 valence electrons. The number of hydrogen-bond acceptors (Lipinski definition) is 4.